The van der Waals surface area contributed by atoms with E-state index >= 15 is 0 Å². The highest BCUT2D eigenvalue weighted by Gasteiger charge is 2.27. The molecule has 4 unspecified atom stereocenters. The molecule has 0 aromatic heterocycles. The van der Waals surface area contributed by atoms with Crippen LogP contribution in [0.5, 0.6) is 0 Å². The smallest absolute Gasteiger partial charge is 0.00787 e. The van der Waals surface area contributed by atoms with Crippen molar-refractivity contribution in [2.45, 2.75) is 121 Å². The molecule has 2 aliphatic rings. The quantitative estimate of drug-likeness (QED) is 0.160. The van der Waals surface area contributed by atoms with Crippen molar-refractivity contribution in [2.75, 3.05) is 0 Å². The molecule has 40 heavy (non-hydrogen) atoms. The zero-order valence-electron chi connectivity index (χ0n) is 27.9. The number of hydrogen-bond acceptors (Lipinski definition) is 0. The molecule has 0 fully saturated rings. The molecule has 2 rings (SSSR count). The van der Waals surface area contributed by atoms with Crippen LogP contribution in [-0.2, 0) is 0 Å². The Morgan fingerprint density at radius 1 is 0.575 bits per heavy atom. The number of rotatable bonds is 13. The van der Waals surface area contributed by atoms with Gasteiger partial charge in [-0.15, -0.1) is 0 Å². The average molecular weight is 543 g/mol. The Hall–Kier alpha value is -2.08. The second-order valence-electron chi connectivity index (χ2n) is 14.4. The largest absolute Gasteiger partial charge is 0.0874 e. The monoisotopic (exact) mass is 542 g/mol. The SMILES string of the molecule is CC1=C(/C=C/C(C)/C=C/CC(C)/C=C/C=C/C(C)C/C=C/C(C)/C=C/C2=C(C)CCCC2(C)C)C(C)(C)CCC1. The molecule has 0 saturated carbocycles. The minimum atomic E-state index is 0.321. The summed E-state index contributed by atoms with van der Waals surface area (Å²) in [5.74, 6) is 2.05. The zero-order chi connectivity index (χ0) is 29.8. The third kappa shape index (κ3) is 11.8. The van der Waals surface area contributed by atoms with E-state index in [4.69, 9.17) is 0 Å². The lowest BCUT2D eigenvalue weighted by molar-refractivity contribution is 0.376. The van der Waals surface area contributed by atoms with E-state index in [1.165, 1.54) is 38.5 Å². The third-order valence-corrected chi connectivity index (χ3v) is 9.10. The third-order valence-electron chi connectivity index (χ3n) is 9.10. The summed E-state index contributed by atoms with van der Waals surface area (Å²) < 4.78 is 0. The number of allylic oxidation sites excluding steroid dienone is 16. The molecule has 0 radical (unpaired) electrons. The lowest BCUT2D eigenvalue weighted by atomic mass is 9.72. The van der Waals surface area contributed by atoms with Crippen LogP contribution in [0.25, 0.3) is 0 Å². The van der Waals surface area contributed by atoms with Crippen LogP contribution in [0.15, 0.2) is 95.2 Å². The minimum Gasteiger partial charge on any atom is -0.0874 e. The summed E-state index contributed by atoms with van der Waals surface area (Å²) in [4.78, 5) is 0. The van der Waals surface area contributed by atoms with E-state index in [0.717, 1.165) is 12.8 Å². The van der Waals surface area contributed by atoms with Gasteiger partial charge in [-0.25, -0.2) is 0 Å². The predicted molar refractivity (Wildman–Crippen MR) is 181 cm³/mol. The lowest BCUT2D eigenvalue weighted by Crippen LogP contribution is -2.19. The van der Waals surface area contributed by atoms with Crippen LogP contribution in [0.1, 0.15) is 121 Å². The van der Waals surface area contributed by atoms with Crippen LogP contribution in [-0.4, -0.2) is 0 Å². The first-order valence-electron chi connectivity index (χ1n) is 16.3. The van der Waals surface area contributed by atoms with Gasteiger partial charge in [0.25, 0.3) is 0 Å². The Balaban J connectivity index is 1.72. The maximum absolute atomic E-state index is 2.40. The average Bonchev–Trinajstić information content (AvgIpc) is 2.85. The molecule has 0 N–H and O–H groups in total. The van der Waals surface area contributed by atoms with Gasteiger partial charge in [-0.1, -0.05) is 139 Å². The van der Waals surface area contributed by atoms with Gasteiger partial charge in [-0.05, 0) is 111 Å². The van der Waals surface area contributed by atoms with E-state index in [1.807, 2.05) is 0 Å². The molecule has 0 aromatic carbocycles. The van der Waals surface area contributed by atoms with Crippen LogP contribution < -0.4 is 0 Å². The molecule has 0 spiro atoms. The summed E-state index contributed by atoms with van der Waals surface area (Å²) in [7, 11) is 0. The van der Waals surface area contributed by atoms with Gasteiger partial charge in [0, 0.05) is 0 Å². The maximum Gasteiger partial charge on any atom is -0.00787 e. The molecular weight excluding hydrogens is 480 g/mol. The predicted octanol–water partition coefficient (Wildman–Crippen LogP) is 12.7. The first-order chi connectivity index (χ1) is 18.8. The molecule has 0 heteroatoms. The second kappa shape index (κ2) is 16.4. The first kappa shape index (κ1) is 34.1. The van der Waals surface area contributed by atoms with Gasteiger partial charge in [0.15, 0.2) is 0 Å². The van der Waals surface area contributed by atoms with Crippen LogP contribution >= 0.6 is 0 Å². The van der Waals surface area contributed by atoms with Gasteiger partial charge in [0.2, 0.25) is 0 Å². The van der Waals surface area contributed by atoms with E-state index in [2.05, 4.69) is 142 Å². The Labute approximate surface area is 249 Å². The van der Waals surface area contributed by atoms with Crippen molar-refractivity contribution in [2.24, 2.45) is 34.5 Å². The van der Waals surface area contributed by atoms with Crippen molar-refractivity contribution in [3.05, 3.63) is 95.2 Å². The molecule has 0 heterocycles. The van der Waals surface area contributed by atoms with Crippen LogP contribution in [0.2, 0.25) is 0 Å². The summed E-state index contributed by atoms with van der Waals surface area (Å²) in [6.45, 7) is 23.4. The Kier molecular flexibility index (Phi) is 14.0. The fourth-order valence-electron chi connectivity index (χ4n) is 6.33. The Morgan fingerprint density at radius 3 is 1.30 bits per heavy atom. The van der Waals surface area contributed by atoms with Gasteiger partial charge >= 0.3 is 0 Å². The molecule has 0 saturated heterocycles. The normalized spacial score (nSPS) is 23.6. The molecule has 4 atom stereocenters. The van der Waals surface area contributed by atoms with Crippen molar-refractivity contribution in [3.8, 4) is 0 Å². The first-order valence-corrected chi connectivity index (χ1v) is 16.3. The summed E-state index contributed by atoms with van der Waals surface area (Å²) in [6.07, 6.45) is 38.1. The summed E-state index contributed by atoms with van der Waals surface area (Å²) >= 11 is 0. The highest BCUT2D eigenvalue weighted by atomic mass is 14.3. The minimum absolute atomic E-state index is 0.321. The van der Waals surface area contributed by atoms with Gasteiger partial charge in [0.1, 0.15) is 0 Å². The molecule has 0 bridgehead atoms. The fraction of sp³-hybridized carbons (Fsp3) is 0.600. The molecule has 2 aliphatic carbocycles. The summed E-state index contributed by atoms with van der Waals surface area (Å²) in [6, 6.07) is 0. The van der Waals surface area contributed by atoms with Crippen molar-refractivity contribution in [3.63, 3.8) is 0 Å². The van der Waals surface area contributed by atoms with Crippen molar-refractivity contribution >= 4 is 0 Å². The summed E-state index contributed by atoms with van der Waals surface area (Å²) in [5, 5.41) is 0. The van der Waals surface area contributed by atoms with Gasteiger partial charge in [-0.3, -0.25) is 0 Å². The van der Waals surface area contributed by atoms with Crippen molar-refractivity contribution in [1.82, 2.24) is 0 Å². The van der Waals surface area contributed by atoms with Crippen LogP contribution in [0.3, 0.4) is 0 Å². The van der Waals surface area contributed by atoms with Gasteiger partial charge < -0.3 is 0 Å². The molecule has 0 nitrogen and oxygen atoms in total. The van der Waals surface area contributed by atoms with Crippen LogP contribution in [0, 0.1) is 34.5 Å². The molecule has 222 valence electrons. The molecular formula is C40H62. The maximum atomic E-state index is 2.40. The summed E-state index contributed by atoms with van der Waals surface area (Å²) in [5.41, 5.74) is 6.92. The van der Waals surface area contributed by atoms with Crippen LogP contribution in [0.4, 0.5) is 0 Å². The van der Waals surface area contributed by atoms with E-state index < -0.39 is 0 Å². The molecule has 0 aromatic rings. The van der Waals surface area contributed by atoms with E-state index in [1.54, 1.807) is 22.3 Å². The standard InChI is InChI=1S/C40H62/c1-31(19-13-21-33(3)25-27-37-35(5)23-15-29-39(37,7)8)17-11-12-18-32(2)20-14-22-34(4)26-28-38-36(6)24-16-30-40(38,9)10/h11-14,17-18,21-22,25-28,31-34H,15-16,19-20,23-24,29-30H2,1-10H3/b17-11+,18-12+,21-13+,22-14+,27-25+,28-26+. The molecule has 0 amide bonds. The van der Waals surface area contributed by atoms with Crippen molar-refractivity contribution < 1.29 is 0 Å². The second-order valence-corrected chi connectivity index (χ2v) is 14.4. The highest BCUT2D eigenvalue weighted by molar-refractivity contribution is 5.34. The van der Waals surface area contributed by atoms with E-state index in [0.29, 0.717) is 34.5 Å². The topological polar surface area (TPSA) is 0 Å². The fourth-order valence-corrected chi connectivity index (χ4v) is 6.33. The van der Waals surface area contributed by atoms with E-state index in [-0.39, 0.29) is 0 Å². The van der Waals surface area contributed by atoms with E-state index in [9.17, 15) is 0 Å². The Morgan fingerprint density at radius 2 is 0.950 bits per heavy atom. The van der Waals surface area contributed by atoms with Gasteiger partial charge in [-0.2, -0.15) is 0 Å². The Bertz CT molecular complexity index is 942. The highest BCUT2D eigenvalue weighted by Crippen LogP contribution is 2.41. The lowest BCUT2D eigenvalue weighted by Gasteiger charge is -2.33. The molecule has 0 aliphatic heterocycles. The zero-order valence-corrected chi connectivity index (χ0v) is 27.9. The van der Waals surface area contributed by atoms with Crippen molar-refractivity contribution in [1.29, 1.82) is 0 Å². The number of hydrogen-bond donors (Lipinski definition) is 0. The van der Waals surface area contributed by atoms with Gasteiger partial charge in [0.05, 0.1) is 0 Å².